The molecule has 1 heterocycles. The lowest BCUT2D eigenvalue weighted by Crippen LogP contribution is -2.40. The molecule has 1 aliphatic heterocycles. The fourth-order valence-electron chi connectivity index (χ4n) is 3.49. The average molecular weight is 341 g/mol. The molecule has 23 heavy (non-hydrogen) atoms. The summed E-state index contributed by atoms with van der Waals surface area (Å²) in [6.07, 6.45) is 2.67. The van der Waals surface area contributed by atoms with Crippen LogP contribution in [0.4, 0.5) is 0 Å². The van der Waals surface area contributed by atoms with Gasteiger partial charge >= 0.3 is 0 Å². The van der Waals surface area contributed by atoms with Crippen molar-refractivity contribution in [1.82, 2.24) is 10.2 Å². The van der Waals surface area contributed by atoms with E-state index in [-0.39, 0.29) is 12.4 Å². The van der Waals surface area contributed by atoms with Gasteiger partial charge in [0.25, 0.3) is 0 Å². The molecule has 0 radical (unpaired) electrons. The third-order valence-corrected chi connectivity index (χ3v) is 4.64. The molecular weight excluding hydrogens is 308 g/mol. The van der Waals surface area contributed by atoms with E-state index in [0.717, 1.165) is 31.4 Å². The highest BCUT2D eigenvalue weighted by Crippen LogP contribution is 2.23. The SMILES string of the molecule is CNCC1CCCN(CCOc2ccc(C(C)C)c(C)c2)C1.Cl. The molecule has 0 saturated carbocycles. The molecule has 2 rings (SSSR count). The second-order valence-corrected chi connectivity index (χ2v) is 6.89. The minimum absolute atomic E-state index is 0. The van der Waals surface area contributed by atoms with Crippen LogP contribution in [0.25, 0.3) is 0 Å². The highest BCUT2D eigenvalue weighted by molar-refractivity contribution is 5.85. The van der Waals surface area contributed by atoms with Crippen molar-refractivity contribution in [3.05, 3.63) is 29.3 Å². The lowest BCUT2D eigenvalue weighted by atomic mass is 9.98. The van der Waals surface area contributed by atoms with Crippen molar-refractivity contribution >= 4 is 12.4 Å². The Labute approximate surface area is 148 Å². The van der Waals surface area contributed by atoms with Crippen LogP contribution in [0, 0.1) is 12.8 Å². The topological polar surface area (TPSA) is 24.5 Å². The van der Waals surface area contributed by atoms with E-state index in [0.29, 0.717) is 5.92 Å². The van der Waals surface area contributed by atoms with Gasteiger partial charge in [-0.3, -0.25) is 4.90 Å². The van der Waals surface area contributed by atoms with Gasteiger partial charge in [0.05, 0.1) is 0 Å². The minimum Gasteiger partial charge on any atom is -0.492 e. The van der Waals surface area contributed by atoms with Gasteiger partial charge in [-0.1, -0.05) is 19.9 Å². The summed E-state index contributed by atoms with van der Waals surface area (Å²) in [6.45, 7) is 12.0. The van der Waals surface area contributed by atoms with Crippen molar-refractivity contribution in [2.75, 3.05) is 39.8 Å². The van der Waals surface area contributed by atoms with E-state index in [1.807, 2.05) is 7.05 Å². The molecule has 0 aromatic heterocycles. The smallest absolute Gasteiger partial charge is 0.119 e. The highest BCUT2D eigenvalue weighted by atomic mass is 35.5. The monoisotopic (exact) mass is 340 g/mol. The summed E-state index contributed by atoms with van der Waals surface area (Å²) in [4.78, 5) is 2.54. The van der Waals surface area contributed by atoms with Crippen LogP contribution in [-0.4, -0.2) is 44.7 Å². The number of nitrogens with one attached hydrogen (secondary N) is 1. The van der Waals surface area contributed by atoms with Gasteiger partial charge in [0.15, 0.2) is 0 Å². The zero-order valence-electron chi connectivity index (χ0n) is 15.1. The molecule has 1 atom stereocenters. The fourth-order valence-corrected chi connectivity index (χ4v) is 3.49. The molecule has 0 amide bonds. The van der Waals surface area contributed by atoms with Crippen LogP contribution in [0.2, 0.25) is 0 Å². The molecule has 1 N–H and O–H groups in total. The number of nitrogens with zero attached hydrogens (tertiary/aromatic N) is 1. The van der Waals surface area contributed by atoms with Crippen LogP contribution in [0.15, 0.2) is 18.2 Å². The predicted octanol–water partition coefficient (Wildman–Crippen LogP) is 3.85. The highest BCUT2D eigenvalue weighted by Gasteiger charge is 2.18. The second kappa shape index (κ2) is 10.2. The lowest BCUT2D eigenvalue weighted by Gasteiger charge is -2.32. The largest absolute Gasteiger partial charge is 0.492 e. The van der Waals surface area contributed by atoms with Gasteiger partial charge in [0, 0.05) is 13.1 Å². The maximum absolute atomic E-state index is 5.96. The van der Waals surface area contributed by atoms with Crippen LogP contribution in [0.3, 0.4) is 0 Å². The number of aryl methyl sites for hydroxylation is 1. The number of benzene rings is 1. The van der Waals surface area contributed by atoms with Gasteiger partial charge in [-0.25, -0.2) is 0 Å². The van der Waals surface area contributed by atoms with E-state index in [1.54, 1.807) is 0 Å². The van der Waals surface area contributed by atoms with Crippen molar-refractivity contribution in [1.29, 1.82) is 0 Å². The Morgan fingerprint density at radius 3 is 2.78 bits per heavy atom. The number of hydrogen-bond acceptors (Lipinski definition) is 3. The zero-order chi connectivity index (χ0) is 15.9. The van der Waals surface area contributed by atoms with Crippen LogP contribution in [-0.2, 0) is 0 Å². The van der Waals surface area contributed by atoms with Crippen molar-refractivity contribution in [3.63, 3.8) is 0 Å². The Morgan fingerprint density at radius 2 is 2.13 bits per heavy atom. The molecular formula is C19H33ClN2O. The summed E-state index contributed by atoms with van der Waals surface area (Å²) < 4.78 is 5.96. The number of ether oxygens (including phenoxy) is 1. The van der Waals surface area contributed by atoms with Crippen LogP contribution in [0.1, 0.15) is 43.7 Å². The summed E-state index contributed by atoms with van der Waals surface area (Å²) >= 11 is 0. The first-order chi connectivity index (χ1) is 10.6. The summed E-state index contributed by atoms with van der Waals surface area (Å²) in [7, 11) is 2.05. The van der Waals surface area contributed by atoms with Crippen LogP contribution < -0.4 is 10.1 Å². The van der Waals surface area contributed by atoms with E-state index in [1.165, 1.54) is 37.1 Å². The zero-order valence-corrected chi connectivity index (χ0v) is 15.9. The summed E-state index contributed by atoms with van der Waals surface area (Å²) in [6, 6.07) is 6.50. The molecule has 4 heteroatoms. The first kappa shape index (κ1) is 20.3. The third kappa shape index (κ3) is 6.33. The number of halogens is 1. The molecule has 0 spiro atoms. The van der Waals surface area contributed by atoms with Gasteiger partial charge in [-0.15, -0.1) is 12.4 Å². The van der Waals surface area contributed by atoms with Gasteiger partial charge in [-0.2, -0.15) is 0 Å². The first-order valence-corrected chi connectivity index (χ1v) is 8.70. The summed E-state index contributed by atoms with van der Waals surface area (Å²) in [5, 5.41) is 3.30. The van der Waals surface area contributed by atoms with Crippen molar-refractivity contribution in [2.45, 2.75) is 39.5 Å². The lowest BCUT2D eigenvalue weighted by molar-refractivity contribution is 0.146. The van der Waals surface area contributed by atoms with Crippen LogP contribution in [0.5, 0.6) is 5.75 Å². The van der Waals surface area contributed by atoms with E-state index in [9.17, 15) is 0 Å². The van der Waals surface area contributed by atoms with Gasteiger partial charge in [0.1, 0.15) is 12.4 Å². The Kier molecular flexibility index (Phi) is 8.96. The maximum Gasteiger partial charge on any atom is 0.119 e. The van der Waals surface area contributed by atoms with E-state index >= 15 is 0 Å². The normalized spacial score (nSPS) is 18.7. The van der Waals surface area contributed by atoms with Gasteiger partial charge in [-0.05, 0) is 75.0 Å². The predicted molar refractivity (Wildman–Crippen MR) is 101 cm³/mol. The molecule has 0 aliphatic carbocycles. The molecule has 1 aliphatic rings. The quantitative estimate of drug-likeness (QED) is 0.816. The Bertz CT molecular complexity index is 463. The molecule has 132 valence electrons. The number of hydrogen-bond donors (Lipinski definition) is 1. The van der Waals surface area contributed by atoms with E-state index in [2.05, 4.69) is 49.2 Å². The summed E-state index contributed by atoms with van der Waals surface area (Å²) in [5.41, 5.74) is 2.75. The van der Waals surface area contributed by atoms with E-state index in [4.69, 9.17) is 4.74 Å². The standard InChI is InChI=1S/C19H32N2O.ClH/c1-15(2)19-8-7-18(12-16(19)3)22-11-10-21-9-5-6-17(14-21)13-20-4;/h7-8,12,15,17,20H,5-6,9-11,13-14H2,1-4H3;1H. The number of piperidine rings is 1. The Hall–Kier alpha value is -0.770. The maximum atomic E-state index is 5.96. The Morgan fingerprint density at radius 1 is 1.35 bits per heavy atom. The molecule has 1 aromatic rings. The van der Waals surface area contributed by atoms with Crippen LogP contribution >= 0.6 is 12.4 Å². The van der Waals surface area contributed by atoms with Gasteiger partial charge < -0.3 is 10.1 Å². The number of rotatable bonds is 7. The second-order valence-electron chi connectivity index (χ2n) is 6.89. The summed E-state index contributed by atoms with van der Waals surface area (Å²) in [5.74, 6) is 2.38. The minimum atomic E-state index is 0. The number of likely N-dealkylation sites (tertiary alicyclic amines) is 1. The molecule has 1 saturated heterocycles. The average Bonchev–Trinajstić information content (AvgIpc) is 2.48. The molecule has 1 aromatic carbocycles. The van der Waals surface area contributed by atoms with E-state index < -0.39 is 0 Å². The first-order valence-electron chi connectivity index (χ1n) is 8.70. The molecule has 1 fully saturated rings. The van der Waals surface area contributed by atoms with Gasteiger partial charge in [0.2, 0.25) is 0 Å². The van der Waals surface area contributed by atoms with Crippen molar-refractivity contribution in [3.8, 4) is 5.75 Å². The fraction of sp³-hybridized carbons (Fsp3) is 0.684. The molecule has 1 unspecified atom stereocenters. The third-order valence-electron chi connectivity index (χ3n) is 4.64. The molecule has 3 nitrogen and oxygen atoms in total. The van der Waals surface area contributed by atoms with Crippen molar-refractivity contribution in [2.24, 2.45) is 5.92 Å². The Balaban J connectivity index is 0.00000264. The molecule has 0 bridgehead atoms. The van der Waals surface area contributed by atoms with Crippen molar-refractivity contribution < 1.29 is 4.74 Å².